The van der Waals surface area contributed by atoms with Gasteiger partial charge in [-0.2, -0.15) is 4.98 Å². The third-order valence-electron chi connectivity index (χ3n) is 4.93. The fraction of sp³-hybridized carbons (Fsp3) is 0.286. The lowest BCUT2D eigenvalue weighted by atomic mass is 10.2. The Bertz CT molecular complexity index is 961. The Morgan fingerprint density at radius 3 is 2.31 bits per heavy atom. The van der Waals surface area contributed by atoms with E-state index in [0.29, 0.717) is 24.8 Å². The van der Waals surface area contributed by atoms with Gasteiger partial charge in [-0.25, -0.2) is 4.79 Å². The minimum absolute atomic E-state index is 0.0949. The molecule has 0 saturated carbocycles. The van der Waals surface area contributed by atoms with E-state index in [1.54, 1.807) is 14.0 Å². The molecule has 0 unspecified atom stereocenters. The number of methoxy groups -OCH3 is 1. The van der Waals surface area contributed by atoms with Gasteiger partial charge in [-0.15, -0.1) is 0 Å². The molecule has 0 radical (unpaired) electrons. The molecule has 29 heavy (non-hydrogen) atoms. The summed E-state index contributed by atoms with van der Waals surface area (Å²) in [6.07, 6.45) is 0. The highest BCUT2D eigenvalue weighted by Gasteiger charge is 2.21. The molecule has 1 fully saturated rings. The molecule has 8 heteroatoms. The molecule has 1 aromatic heterocycles. The van der Waals surface area contributed by atoms with Crippen molar-refractivity contribution >= 4 is 17.4 Å². The highest BCUT2D eigenvalue weighted by Crippen LogP contribution is 2.22. The number of nitrogens with zero attached hydrogens (tertiary/aromatic N) is 4. The number of urea groups is 1. The maximum absolute atomic E-state index is 12.6. The fourth-order valence-electron chi connectivity index (χ4n) is 3.28. The van der Waals surface area contributed by atoms with Crippen molar-refractivity contribution in [2.24, 2.45) is 0 Å². The number of hydrogen-bond donors (Lipinski definition) is 1. The molecule has 2 heterocycles. The maximum Gasteiger partial charge on any atom is 0.321 e. The van der Waals surface area contributed by atoms with Gasteiger partial charge in [-0.1, -0.05) is 5.16 Å². The maximum atomic E-state index is 12.6. The van der Waals surface area contributed by atoms with Crippen LogP contribution in [0.3, 0.4) is 0 Å². The van der Waals surface area contributed by atoms with E-state index in [-0.39, 0.29) is 6.03 Å². The second-order valence-electron chi connectivity index (χ2n) is 6.82. The molecule has 4 rings (SSSR count). The van der Waals surface area contributed by atoms with Gasteiger partial charge in [0.2, 0.25) is 11.7 Å². The van der Waals surface area contributed by atoms with Crippen molar-refractivity contribution in [2.75, 3.05) is 43.5 Å². The van der Waals surface area contributed by atoms with E-state index in [0.717, 1.165) is 35.8 Å². The monoisotopic (exact) mass is 393 g/mol. The van der Waals surface area contributed by atoms with Crippen LogP contribution in [0.25, 0.3) is 11.4 Å². The summed E-state index contributed by atoms with van der Waals surface area (Å²) in [5.74, 6) is 1.90. The molecule has 0 spiro atoms. The summed E-state index contributed by atoms with van der Waals surface area (Å²) in [5, 5.41) is 6.85. The molecular formula is C21H23N5O3. The lowest BCUT2D eigenvalue weighted by Crippen LogP contribution is -2.50. The second kappa shape index (κ2) is 8.22. The Hall–Kier alpha value is -3.55. The third kappa shape index (κ3) is 4.31. The molecule has 3 aromatic rings. The van der Waals surface area contributed by atoms with Crippen LogP contribution in [0.1, 0.15) is 5.89 Å². The van der Waals surface area contributed by atoms with Crippen LogP contribution in [-0.4, -0.2) is 54.4 Å². The van der Waals surface area contributed by atoms with Crippen LogP contribution < -0.4 is 15.0 Å². The van der Waals surface area contributed by atoms with Crippen molar-refractivity contribution in [3.63, 3.8) is 0 Å². The zero-order valence-electron chi connectivity index (χ0n) is 16.5. The Kier molecular flexibility index (Phi) is 5.33. The first-order chi connectivity index (χ1) is 14.1. The summed E-state index contributed by atoms with van der Waals surface area (Å²) in [7, 11) is 1.66. The van der Waals surface area contributed by atoms with E-state index in [2.05, 4.69) is 20.4 Å². The van der Waals surface area contributed by atoms with Crippen molar-refractivity contribution in [3.05, 3.63) is 54.4 Å². The van der Waals surface area contributed by atoms with E-state index in [1.165, 1.54) is 0 Å². The molecule has 2 amide bonds. The number of benzene rings is 2. The van der Waals surface area contributed by atoms with Crippen molar-refractivity contribution < 1.29 is 14.1 Å². The van der Waals surface area contributed by atoms with Gasteiger partial charge in [0.1, 0.15) is 5.75 Å². The topological polar surface area (TPSA) is 83.7 Å². The van der Waals surface area contributed by atoms with Crippen molar-refractivity contribution in [2.45, 2.75) is 6.92 Å². The van der Waals surface area contributed by atoms with Crippen LogP contribution in [0.2, 0.25) is 0 Å². The number of hydrogen-bond acceptors (Lipinski definition) is 6. The van der Waals surface area contributed by atoms with E-state index >= 15 is 0 Å². The summed E-state index contributed by atoms with van der Waals surface area (Å²) in [6.45, 7) is 4.65. The minimum atomic E-state index is -0.0949. The zero-order chi connectivity index (χ0) is 20.2. The van der Waals surface area contributed by atoms with Crippen LogP contribution in [0.5, 0.6) is 5.75 Å². The number of piperazine rings is 1. The number of ether oxygens (including phenoxy) is 1. The first kappa shape index (κ1) is 18.8. The molecule has 0 aliphatic carbocycles. The second-order valence-corrected chi connectivity index (χ2v) is 6.82. The van der Waals surface area contributed by atoms with Gasteiger partial charge in [0.05, 0.1) is 7.11 Å². The molecule has 0 atom stereocenters. The number of rotatable bonds is 4. The standard InChI is InChI=1S/C21H23N5O3/c1-15-22-20(24-29-15)16-3-5-17(6-4-16)23-21(27)26-13-11-25(12-14-26)18-7-9-19(28-2)10-8-18/h3-10H,11-14H2,1-2H3,(H,23,27). The van der Waals surface area contributed by atoms with E-state index in [1.807, 2.05) is 53.4 Å². The number of carbonyl (C=O) groups is 1. The number of aryl methyl sites for hydroxylation is 1. The van der Waals surface area contributed by atoms with Gasteiger partial charge < -0.3 is 24.4 Å². The number of amides is 2. The minimum Gasteiger partial charge on any atom is -0.497 e. The van der Waals surface area contributed by atoms with Crippen LogP contribution in [0, 0.1) is 6.92 Å². The van der Waals surface area contributed by atoms with Gasteiger partial charge in [-0.05, 0) is 48.5 Å². The van der Waals surface area contributed by atoms with Gasteiger partial charge in [-0.3, -0.25) is 0 Å². The number of aromatic nitrogens is 2. The average Bonchev–Trinajstić information content (AvgIpc) is 3.21. The summed E-state index contributed by atoms with van der Waals surface area (Å²) in [5.41, 5.74) is 2.71. The van der Waals surface area contributed by atoms with Crippen LogP contribution in [-0.2, 0) is 0 Å². The molecule has 150 valence electrons. The Morgan fingerprint density at radius 1 is 1.03 bits per heavy atom. The average molecular weight is 393 g/mol. The molecular weight excluding hydrogens is 370 g/mol. The normalized spacial score (nSPS) is 14.0. The SMILES string of the molecule is COc1ccc(N2CCN(C(=O)Nc3ccc(-c4noc(C)n4)cc3)CC2)cc1. The summed E-state index contributed by atoms with van der Waals surface area (Å²) >= 11 is 0. The third-order valence-corrected chi connectivity index (χ3v) is 4.93. The molecule has 2 aromatic carbocycles. The quantitative estimate of drug-likeness (QED) is 0.731. The molecule has 0 bridgehead atoms. The Morgan fingerprint density at radius 2 is 1.72 bits per heavy atom. The molecule has 1 saturated heterocycles. The fourth-order valence-corrected chi connectivity index (χ4v) is 3.28. The Labute approximate surface area is 169 Å². The molecule has 8 nitrogen and oxygen atoms in total. The first-order valence-electron chi connectivity index (χ1n) is 9.48. The molecule has 1 N–H and O–H groups in total. The van der Waals surface area contributed by atoms with Crippen molar-refractivity contribution in [1.29, 1.82) is 0 Å². The summed E-state index contributed by atoms with van der Waals surface area (Å²) < 4.78 is 10.2. The number of anilines is 2. The van der Waals surface area contributed by atoms with Crippen LogP contribution >= 0.6 is 0 Å². The van der Waals surface area contributed by atoms with Crippen LogP contribution in [0.4, 0.5) is 16.2 Å². The van der Waals surface area contributed by atoms with Gasteiger partial charge in [0.15, 0.2) is 0 Å². The molecule has 1 aliphatic rings. The Balaban J connectivity index is 1.31. The number of carbonyl (C=O) groups excluding carboxylic acids is 1. The van der Waals surface area contributed by atoms with Crippen LogP contribution in [0.15, 0.2) is 53.1 Å². The highest BCUT2D eigenvalue weighted by molar-refractivity contribution is 5.89. The first-order valence-corrected chi connectivity index (χ1v) is 9.48. The molecule has 1 aliphatic heterocycles. The van der Waals surface area contributed by atoms with Crippen molar-refractivity contribution in [3.8, 4) is 17.1 Å². The van der Waals surface area contributed by atoms with Gasteiger partial charge in [0.25, 0.3) is 0 Å². The van der Waals surface area contributed by atoms with E-state index < -0.39 is 0 Å². The van der Waals surface area contributed by atoms with Crippen molar-refractivity contribution in [1.82, 2.24) is 15.0 Å². The van der Waals surface area contributed by atoms with Gasteiger partial charge in [0, 0.05) is 50.0 Å². The van der Waals surface area contributed by atoms with Gasteiger partial charge >= 0.3 is 6.03 Å². The number of nitrogens with one attached hydrogen (secondary N) is 1. The predicted octanol–water partition coefficient (Wildman–Crippen LogP) is 3.41. The smallest absolute Gasteiger partial charge is 0.321 e. The predicted molar refractivity (Wildman–Crippen MR) is 110 cm³/mol. The zero-order valence-corrected chi connectivity index (χ0v) is 16.5. The lowest BCUT2D eigenvalue weighted by Gasteiger charge is -2.36. The van der Waals surface area contributed by atoms with E-state index in [4.69, 9.17) is 9.26 Å². The summed E-state index contributed by atoms with van der Waals surface area (Å²) in [4.78, 5) is 20.9. The summed E-state index contributed by atoms with van der Waals surface area (Å²) in [6, 6.07) is 15.3. The lowest BCUT2D eigenvalue weighted by molar-refractivity contribution is 0.208. The highest BCUT2D eigenvalue weighted by atomic mass is 16.5. The van der Waals surface area contributed by atoms with E-state index in [9.17, 15) is 4.79 Å². The largest absolute Gasteiger partial charge is 0.497 e.